The summed E-state index contributed by atoms with van der Waals surface area (Å²) in [5.74, 6) is 8.17. The maximum absolute atomic E-state index is 5.98. The fourth-order valence-corrected chi connectivity index (χ4v) is 1.76. The van der Waals surface area contributed by atoms with Crippen molar-refractivity contribution >= 4 is 11.6 Å². The van der Waals surface area contributed by atoms with Crippen LogP contribution in [0.1, 0.15) is 36.4 Å². The summed E-state index contributed by atoms with van der Waals surface area (Å²) in [6.07, 6.45) is 7.90. The van der Waals surface area contributed by atoms with Gasteiger partial charge in [-0.1, -0.05) is 23.7 Å². The minimum absolute atomic E-state index is 0.143. The minimum atomic E-state index is 0.143. The highest BCUT2D eigenvalue weighted by Crippen LogP contribution is 2.23. The van der Waals surface area contributed by atoms with Crippen molar-refractivity contribution in [2.45, 2.75) is 32.2 Å². The molecule has 0 saturated carbocycles. The Kier molecular flexibility index (Phi) is 5.34. The van der Waals surface area contributed by atoms with Gasteiger partial charge in [-0.25, -0.2) is 0 Å². The first-order valence-corrected chi connectivity index (χ1v) is 5.72. The quantitative estimate of drug-likeness (QED) is 0.357. The van der Waals surface area contributed by atoms with Crippen LogP contribution in [0.5, 0.6) is 0 Å². The van der Waals surface area contributed by atoms with Gasteiger partial charge < -0.3 is 0 Å². The van der Waals surface area contributed by atoms with E-state index in [2.05, 4.69) is 17.4 Å². The SMILES string of the molecule is C#CCCCC(NN)c1ccc(Cl)c(C)c1. The molecule has 0 aliphatic rings. The lowest BCUT2D eigenvalue weighted by molar-refractivity contribution is 0.502. The molecule has 3 N–H and O–H groups in total. The van der Waals surface area contributed by atoms with E-state index in [9.17, 15) is 0 Å². The number of nitrogens with one attached hydrogen (secondary N) is 1. The molecule has 1 rings (SSSR count). The van der Waals surface area contributed by atoms with Crippen LogP contribution in [0, 0.1) is 19.3 Å². The van der Waals surface area contributed by atoms with Gasteiger partial charge in [0.2, 0.25) is 0 Å². The number of benzene rings is 1. The first-order valence-electron chi connectivity index (χ1n) is 5.34. The normalized spacial score (nSPS) is 12.1. The Bertz CT molecular complexity index is 382. The Balaban J connectivity index is 2.71. The average molecular weight is 237 g/mol. The van der Waals surface area contributed by atoms with E-state index in [0.29, 0.717) is 0 Å². The van der Waals surface area contributed by atoms with Crippen molar-refractivity contribution in [2.24, 2.45) is 5.84 Å². The smallest absolute Gasteiger partial charge is 0.0460 e. The Morgan fingerprint density at radius 2 is 2.31 bits per heavy atom. The van der Waals surface area contributed by atoms with Crippen LogP contribution in [0.25, 0.3) is 0 Å². The second-order valence-corrected chi connectivity index (χ2v) is 4.23. The molecule has 0 aliphatic heterocycles. The van der Waals surface area contributed by atoms with Crippen molar-refractivity contribution in [3.05, 3.63) is 34.3 Å². The molecule has 1 unspecified atom stereocenters. The maximum Gasteiger partial charge on any atom is 0.0460 e. The highest BCUT2D eigenvalue weighted by molar-refractivity contribution is 6.31. The van der Waals surface area contributed by atoms with E-state index in [0.717, 1.165) is 35.4 Å². The van der Waals surface area contributed by atoms with E-state index >= 15 is 0 Å². The standard InChI is InChI=1S/C13H17ClN2/c1-3-4-5-6-13(16-15)11-7-8-12(14)10(2)9-11/h1,7-9,13,16H,4-6,15H2,2H3. The molecule has 1 aromatic rings. The van der Waals surface area contributed by atoms with Gasteiger partial charge in [0.25, 0.3) is 0 Å². The first-order chi connectivity index (χ1) is 7.69. The lowest BCUT2D eigenvalue weighted by Gasteiger charge is -2.16. The van der Waals surface area contributed by atoms with Gasteiger partial charge >= 0.3 is 0 Å². The molecule has 0 bridgehead atoms. The average Bonchev–Trinajstić information content (AvgIpc) is 2.29. The van der Waals surface area contributed by atoms with Crippen LogP contribution in [-0.4, -0.2) is 0 Å². The van der Waals surface area contributed by atoms with E-state index in [4.69, 9.17) is 23.9 Å². The first kappa shape index (κ1) is 13.1. The van der Waals surface area contributed by atoms with Crippen LogP contribution in [0.2, 0.25) is 5.02 Å². The molecule has 0 amide bonds. The predicted octanol–water partition coefficient (Wildman–Crippen LogP) is 2.96. The summed E-state index contributed by atoms with van der Waals surface area (Å²) in [6.45, 7) is 1.99. The molecule has 16 heavy (non-hydrogen) atoms. The summed E-state index contributed by atoms with van der Waals surface area (Å²) in [5.41, 5.74) is 5.03. The van der Waals surface area contributed by atoms with Crippen LogP contribution in [-0.2, 0) is 0 Å². The molecule has 0 aliphatic carbocycles. The fraction of sp³-hybridized carbons (Fsp3) is 0.385. The van der Waals surface area contributed by atoms with E-state index in [1.54, 1.807) is 0 Å². The zero-order valence-electron chi connectivity index (χ0n) is 9.46. The van der Waals surface area contributed by atoms with Crippen LogP contribution >= 0.6 is 11.6 Å². The van der Waals surface area contributed by atoms with Gasteiger partial charge in [0.1, 0.15) is 0 Å². The van der Waals surface area contributed by atoms with Crippen molar-refractivity contribution in [3.8, 4) is 12.3 Å². The molecule has 86 valence electrons. The Morgan fingerprint density at radius 1 is 1.56 bits per heavy atom. The van der Waals surface area contributed by atoms with Gasteiger partial charge in [0.05, 0.1) is 0 Å². The number of hydrogen-bond acceptors (Lipinski definition) is 2. The highest BCUT2D eigenvalue weighted by atomic mass is 35.5. The van der Waals surface area contributed by atoms with Crippen molar-refractivity contribution in [2.75, 3.05) is 0 Å². The number of hydrogen-bond donors (Lipinski definition) is 2. The van der Waals surface area contributed by atoms with Crippen LogP contribution < -0.4 is 11.3 Å². The molecular formula is C13H17ClN2. The van der Waals surface area contributed by atoms with Crippen molar-refractivity contribution in [1.82, 2.24) is 5.43 Å². The zero-order chi connectivity index (χ0) is 12.0. The number of halogens is 1. The summed E-state index contributed by atoms with van der Waals surface area (Å²) in [4.78, 5) is 0. The third-order valence-electron chi connectivity index (χ3n) is 2.60. The highest BCUT2D eigenvalue weighted by Gasteiger charge is 2.09. The molecular weight excluding hydrogens is 220 g/mol. The maximum atomic E-state index is 5.98. The van der Waals surface area contributed by atoms with Crippen molar-refractivity contribution < 1.29 is 0 Å². The number of aryl methyl sites for hydroxylation is 1. The number of hydrazine groups is 1. The molecule has 2 nitrogen and oxygen atoms in total. The van der Waals surface area contributed by atoms with Gasteiger partial charge in [-0.15, -0.1) is 12.3 Å². The Morgan fingerprint density at radius 3 is 2.88 bits per heavy atom. The second-order valence-electron chi connectivity index (χ2n) is 3.82. The monoisotopic (exact) mass is 236 g/mol. The lowest BCUT2D eigenvalue weighted by atomic mass is 10.00. The third-order valence-corrected chi connectivity index (χ3v) is 3.02. The topological polar surface area (TPSA) is 38.0 Å². The molecule has 0 spiro atoms. The largest absolute Gasteiger partial charge is 0.271 e. The molecule has 3 heteroatoms. The molecule has 0 fully saturated rings. The van der Waals surface area contributed by atoms with Gasteiger partial charge in [0, 0.05) is 17.5 Å². The molecule has 0 radical (unpaired) electrons. The van der Waals surface area contributed by atoms with Crippen molar-refractivity contribution in [1.29, 1.82) is 0 Å². The van der Waals surface area contributed by atoms with Crippen LogP contribution in [0.4, 0.5) is 0 Å². The van der Waals surface area contributed by atoms with E-state index < -0.39 is 0 Å². The third kappa shape index (κ3) is 3.53. The Labute approximate surface area is 102 Å². The van der Waals surface area contributed by atoms with E-state index in [1.165, 1.54) is 0 Å². The number of rotatable bonds is 5. The summed E-state index contributed by atoms with van der Waals surface area (Å²) in [5, 5.41) is 0.781. The summed E-state index contributed by atoms with van der Waals surface area (Å²) in [7, 11) is 0. The summed E-state index contributed by atoms with van der Waals surface area (Å²) in [6, 6.07) is 6.10. The fourth-order valence-electron chi connectivity index (χ4n) is 1.64. The van der Waals surface area contributed by atoms with Crippen LogP contribution in [0.3, 0.4) is 0 Å². The molecule has 1 aromatic carbocycles. The zero-order valence-corrected chi connectivity index (χ0v) is 10.2. The summed E-state index contributed by atoms with van der Waals surface area (Å²) >= 11 is 5.98. The predicted molar refractivity (Wildman–Crippen MR) is 68.9 cm³/mol. The molecule has 0 heterocycles. The van der Waals surface area contributed by atoms with Gasteiger partial charge in [0.15, 0.2) is 0 Å². The lowest BCUT2D eigenvalue weighted by Crippen LogP contribution is -2.28. The van der Waals surface area contributed by atoms with Crippen LogP contribution in [0.15, 0.2) is 18.2 Å². The van der Waals surface area contributed by atoms with Gasteiger partial charge in [-0.2, -0.15) is 0 Å². The molecule has 0 saturated heterocycles. The minimum Gasteiger partial charge on any atom is -0.271 e. The molecule has 0 aromatic heterocycles. The Hall–Kier alpha value is -1.01. The number of nitrogens with two attached hydrogens (primary N) is 1. The van der Waals surface area contributed by atoms with Gasteiger partial charge in [-0.05, 0) is 37.0 Å². The number of terminal acetylenes is 1. The van der Waals surface area contributed by atoms with Crippen molar-refractivity contribution in [3.63, 3.8) is 0 Å². The summed E-state index contributed by atoms with van der Waals surface area (Å²) < 4.78 is 0. The number of unbranched alkanes of at least 4 members (excludes halogenated alkanes) is 1. The van der Waals surface area contributed by atoms with E-state index in [-0.39, 0.29) is 6.04 Å². The van der Waals surface area contributed by atoms with E-state index in [1.807, 2.05) is 19.1 Å². The van der Waals surface area contributed by atoms with Gasteiger partial charge in [-0.3, -0.25) is 11.3 Å². The molecule has 1 atom stereocenters. The second kappa shape index (κ2) is 6.55.